The Bertz CT molecular complexity index is 1030. The minimum atomic E-state index is -4.29. The fraction of sp³-hybridized carbons (Fsp3) is 0.312. The molecular formula is C16H20N6O4S. The highest BCUT2D eigenvalue weighted by atomic mass is 32.2. The first-order chi connectivity index (χ1) is 12.9. The van der Waals surface area contributed by atoms with Crippen LogP contribution in [0.5, 0.6) is 6.01 Å². The predicted molar refractivity (Wildman–Crippen MR) is 101 cm³/mol. The Kier molecular flexibility index (Phi) is 5.42. The highest BCUT2D eigenvalue weighted by Gasteiger charge is 2.13. The molecule has 0 aliphatic carbocycles. The van der Waals surface area contributed by atoms with Gasteiger partial charge in [0.2, 0.25) is 0 Å². The lowest BCUT2D eigenvalue weighted by Gasteiger charge is -2.10. The van der Waals surface area contributed by atoms with Crippen LogP contribution in [-0.2, 0) is 23.4 Å². The van der Waals surface area contributed by atoms with Gasteiger partial charge < -0.3 is 10.1 Å². The van der Waals surface area contributed by atoms with Crippen LogP contribution < -0.4 is 14.8 Å². The monoisotopic (exact) mass is 392 g/mol. The third-order valence-electron chi connectivity index (χ3n) is 3.71. The smallest absolute Gasteiger partial charge is 0.357 e. The first kappa shape index (κ1) is 18.9. The average molecular weight is 392 g/mol. The van der Waals surface area contributed by atoms with Crippen LogP contribution in [0.15, 0.2) is 30.5 Å². The first-order valence-electron chi connectivity index (χ1n) is 8.34. The van der Waals surface area contributed by atoms with E-state index >= 15 is 0 Å². The molecule has 27 heavy (non-hydrogen) atoms. The number of nitrogens with zero attached hydrogens (tertiary/aromatic N) is 4. The molecule has 2 heterocycles. The number of hydrogen-bond acceptors (Lipinski definition) is 7. The van der Waals surface area contributed by atoms with Gasteiger partial charge in [0.05, 0.1) is 23.9 Å². The number of fused-ring (bicyclic) bond motifs is 1. The Morgan fingerprint density at radius 2 is 1.93 bits per heavy atom. The maximum Gasteiger partial charge on any atom is 0.357 e. The SMILES string of the molecule is CCOc1nc(NCc2ccc(NS(=O)(=O)O)cc2)c2cnn(CC)c2n1. The summed E-state index contributed by atoms with van der Waals surface area (Å²) >= 11 is 0. The summed E-state index contributed by atoms with van der Waals surface area (Å²) in [5, 5.41) is 8.32. The highest BCUT2D eigenvalue weighted by Crippen LogP contribution is 2.23. The van der Waals surface area contributed by atoms with Crippen LogP contribution in [0, 0.1) is 0 Å². The number of aryl methyl sites for hydroxylation is 1. The molecule has 11 heteroatoms. The molecule has 144 valence electrons. The van der Waals surface area contributed by atoms with E-state index in [0.29, 0.717) is 31.2 Å². The summed E-state index contributed by atoms with van der Waals surface area (Å²) in [7, 11) is -4.29. The maximum absolute atomic E-state index is 10.8. The van der Waals surface area contributed by atoms with Crippen molar-refractivity contribution in [2.45, 2.75) is 26.9 Å². The summed E-state index contributed by atoms with van der Waals surface area (Å²) in [5.74, 6) is 0.600. The number of ether oxygens (including phenoxy) is 1. The third kappa shape index (κ3) is 4.63. The largest absolute Gasteiger partial charge is 0.464 e. The van der Waals surface area contributed by atoms with Crippen LogP contribution in [0.3, 0.4) is 0 Å². The standard InChI is InChI=1S/C16H20N6O4S/c1-3-22-15-13(10-18-22)14(19-16(20-15)26-4-2)17-9-11-5-7-12(8-6-11)21-27(23,24)25/h5-8,10,21H,3-4,9H2,1-2H3,(H,17,19,20)(H,23,24,25). The number of benzene rings is 1. The molecular weight excluding hydrogens is 372 g/mol. The Labute approximate surface area is 156 Å². The van der Waals surface area contributed by atoms with Crippen LogP contribution in [0.2, 0.25) is 0 Å². The van der Waals surface area contributed by atoms with Crippen molar-refractivity contribution in [2.24, 2.45) is 0 Å². The van der Waals surface area contributed by atoms with Crippen molar-refractivity contribution in [1.29, 1.82) is 0 Å². The molecule has 0 spiro atoms. The molecule has 1 aromatic carbocycles. The van der Waals surface area contributed by atoms with E-state index in [1.807, 2.05) is 18.6 Å². The van der Waals surface area contributed by atoms with Gasteiger partial charge in [-0.25, -0.2) is 4.68 Å². The van der Waals surface area contributed by atoms with Crippen LogP contribution in [0.1, 0.15) is 19.4 Å². The molecule has 0 saturated heterocycles. The van der Waals surface area contributed by atoms with Gasteiger partial charge in [-0.1, -0.05) is 12.1 Å². The molecule has 0 aliphatic heterocycles. The molecule has 2 aromatic heterocycles. The summed E-state index contributed by atoms with van der Waals surface area (Å²) in [6.07, 6.45) is 1.70. The topological polar surface area (TPSA) is 131 Å². The van der Waals surface area contributed by atoms with E-state index in [1.54, 1.807) is 35.1 Å². The number of nitrogens with one attached hydrogen (secondary N) is 2. The van der Waals surface area contributed by atoms with Crippen LogP contribution in [0.25, 0.3) is 11.0 Å². The van der Waals surface area contributed by atoms with Gasteiger partial charge in [0.15, 0.2) is 5.65 Å². The van der Waals surface area contributed by atoms with E-state index in [1.165, 1.54) is 0 Å². The van der Waals surface area contributed by atoms with Gasteiger partial charge in [-0.05, 0) is 31.5 Å². The molecule has 3 rings (SSSR count). The summed E-state index contributed by atoms with van der Waals surface area (Å²) in [4.78, 5) is 8.79. The highest BCUT2D eigenvalue weighted by molar-refractivity contribution is 7.87. The third-order valence-corrected chi connectivity index (χ3v) is 4.20. The molecule has 0 amide bonds. The van der Waals surface area contributed by atoms with Gasteiger partial charge in [0, 0.05) is 13.1 Å². The van der Waals surface area contributed by atoms with Crippen LogP contribution in [-0.4, -0.2) is 39.3 Å². The van der Waals surface area contributed by atoms with E-state index in [2.05, 4.69) is 20.4 Å². The Hall–Kier alpha value is -2.92. The number of aromatic nitrogens is 4. The van der Waals surface area contributed by atoms with E-state index in [0.717, 1.165) is 10.9 Å². The van der Waals surface area contributed by atoms with E-state index < -0.39 is 10.3 Å². The van der Waals surface area contributed by atoms with Gasteiger partial charge in [-0.15, -0.1) is 0 Å². The van der Waals surface area contributed by atoms with E-state index in [9.17, 15) is 8.42 Å². The van der Waals surface area contributed by atoms with Crippen LogP contribution in [0.4, 0.5) is 11.5 Å². The zero-order chi connectivity index (χ0) is 19.4. The number of anilines is 2. The molecule has 0 radical (unpaired) electrons. The van der Waals surface area contributed by atoms with E-state index in [4.69, 9.17) is 9.29 Å². The molecule has 0 aliphatic rings. The molecule has 0 bridgehead atoms. The van der Waals surface area contributed by atoms with Gasteiger partial charge in [-0.3, -0.25) is 9.27 Å². The molecule has 3 aromatic rings. The van der Waals surface area contributed by atoms with Crippen molar-refractivity contribution in [3.63, 3.8) is 0 Å². The number of hydrogen-bond donors (Lipinski definition) is 3. The van der Waals surface area contributed by atoms with Crippen molar-refractivity contribution in [3.05, 3.63) is 36.0 Å². The normalized spacial score (nSPS) is 11.5. The Balaban J connectivity index is 1.81. The lowest BCUT2D eigenvalue weighted by Crippen LogP contribution is -2.10. The van der Waals surface area contributed by atoms with Crippen molar-refractivity contribution in [3.8, 4) is 6.01 Å². The molecule has 0 saturated carbocycles. The second-order valence-electron chi connectivity index (χ2n) is 5.61. The van der Waals surface area contributed by atoms with Gasteiger partial charge >= 0.3 is 16.3 Å². The van der Waals surface area contributed by atoms with Gasteiger partial charge in [0.25, 0.3) is 0 Å². The van der Waals surface area contributed by atoms with Crippen molar-refractivity contribution < 1.29 is 17.7 Å². The lowest BCUT2D eigenvalue weighted by atomic mass is 10.2. The molecule has 0 atom stereocenters. The van der Waals surface area contributed by atoms with Gasteiger partial charge in [0.1, 0.15) is 5.82 Å². The summed E-state index contributed by atoms with van der Waals surface area (Å²) in [6.45, 7) is 5.41. The molecule has 3 N–H and O–H groups in total. The summed E-state index contributed by atoms with van der Waals surface area (Å²) in [6, 6.07) is 6.85. The summed E-state index contributed by atoms with van der Waals surface area (Å²) in [5.41, 5.74) is 1.85. The van der Waals surface area contributed by atoms with Crippen LogP contribution >= 0.6 is 0 Å². The minimum Gasteiger partial charge on any atom is -0.464 e. The molecule has 0 unspecified atom stereocenters. The van der Waals surface area contributed by atoms with E-state index in [-0.39, 0.29) is 11.7 Å². The van der Waals surface area contributed by atoms with Gasteiger partial charge in [-0.2, -0.15) is 23.5 Å². The first-order valence-corrected chi connectivity index (χ1v) is 9.78. The van der Waals surface area contributed by atoms with Crippen molar-refractivity contribution in [1.82, 2.24) is 19.7 Å². The maximum atomic E-state index is 10.8. The fourth-order valence-electron chi connectivity index (χ4n) is 2.52. The zero-order valence-corrected chi connectivity index (χ0v) is 15.7. The Morgan fingerprint density at radius 1 is 1.19 bits per heavy atom. The average Bonchev–Trinajstić information content (AvgIpc) is 3.03. The molecule has 0 fully saturated rings. The number of rotatable bonds is 8. The lowest BCUT2D eigenvalue weighted by molar-refractivity contribution is 0.314. The minimum absolute atomic E-state index is 0.272. The predicted octanol–water partition coefficient (Wildman–Crippen LogP) is 2.07. The van der Waals surface area contributed by atoms with Crippen molar-refractivity contribution in [2.75, 3.05) is 16.6 Å². The second kappa shape index (κ2) is 7.76. The zero-order valence-electron chi connectivity index (χ0n) is 14.9. The second-order valence-corrected chi connectivity index (χ2v) is 6.77. The van der Waals surface area contributed by atoms with Crippen molar-refractivity contribution >= 4 is 32.8 Å². The fourth-order valence-corrected chi connectivity index (χ4v) is 2.95. The molecule has 10 nitrogen and oxygen atoms in total. The quantitative estimate of drug-likeness (QED) is 0.497. The Morgan fingerprint density at radius 3 is 2.56 bits per heavy atom. The summed E-state index contributed by atoms with van der Waals surface area (Å²) < 4.78 is 39.7.